The molecule has 0 spiro atoms. The molecule has 2 aliphatic rings. The number of pyridine rings is 1. The fourth-order valence-corrected chi connectivity index (χ4v) is 6.56. The minimum absolute atomic E-state index is 0.0990. The molecule has 0 unspecified atom stereocenters. The molecule has 0 bridgehead atoms. The zero-order chi connectivity index (χ0) is 32.0. The average Bonchev–Trinajstić information content (AvgIpc) is 2.92. The predicted molar refractivity (Wildman–Crippen MR) is 173 cm³/mol. The molecule has 5 rings (SSSR count). The molecule has 6 nitrogen and oxygen atoms in total. The molecule has 1 fully saturated rings. The Bertz CT molecular complexity index is 1550. The number of aliphatic carboxylic acids is 1. The second kappa shape index (κ2) is 12.2. The Balaban J connectivity index is 1.56. The van der Waals surface area contributed by atoms with Crippen molar-refractivity contribution < 1.29 is 23.8 Å². The van der Waals surface area contributed by atoms with E-state index in [9.17, 15) is 14.3 Å². The van der Waals surface area contributed by atoms with Crippen molar-refractivity contribution in [2.45, 2.75) is 105 Å². The van der Waals surface area contributed by atoms with Crippen LogP contribution >= 0.6 is 0 Å². The molecule has 0 aliphatic carbocycles. The third-order valence-corrected chi connectivity index (χ3v) is 9.00. The molecule has 1 N–H and O–H groups in total. The van der Waals surface area contributed by atoms with Gasteiger partial charge in [-0.2, -0.15) is 0 Å². The van der Waals surface area contributed by atoms with Gasteiger partial charge in [-0.05, 0) is 113 Å². The standard InChI is InChI=1S/C37H47FN2O4/c1-22-9-10-25(29(38)19-22)21-28-13-11-26-20-27(12-14-30(26)43-28)31-23(2)39-24(3)32(34(35(41)42)44-36(4,5)6)33(31)40-17-15-37(7,8)16-18-40/h9-10,12,14,19-20,28,34H,11,13,15-18,21H2,1-8H3,(H,41,42)/t28-,34+/m1/s1. The van der Waals surface area contributed by atoms with Gasteiger partial charge in [0.15, 0.2) is 6.10 Å². The van der Waals surface area contributed by atoms with Crippen molar-refractivity contribution in [3.63, 3.8) is 0 Å². The summed E-state index contributed by atoms with van der Waals surface area (Å²) in [6, 6.07) is 11.6. The number of aromatic nitrogens is 1. The summed E-state index contributed by atoms with van der Waals surface area (Å²) in [5.74, 6) is -0.388. The molecule has 1 saturated heterocycles. The molecule has 3 aromatic rings. The highest BCUT2D eigenvalue weighted by molar-refractivity contribution is 5.88. The summed E-state index contributed by atoms with van der Waals surface area (Å²) in [6.07, 6.45) is 2.88. The van der Waals surface area contributed by atoms with Crippen LogP contribution in [0.1, 0.15) is 93.6 Å². The van der Waals surface area contributed by atoms with E-state index in [4.69, 9.17) is 14.5 Å². The highest BCUT2D eigenvalue weighted by Gasteiger charge is 2.36. The first-order chi connectivity index (χ1) is 20.6. The lowest BCUT2D eigenvalue weighted by molar-refractivity contribution is -0.160. The van der Waals surface area contributed by atoms with Gasteiger partial charge in [-0.25, -0.2) is 9.18 Å². The van der Waals surface area contributed by atoms with Crippen molar-refractivity contribution in [1.82, 2.24) is 4.98 Å². The fraction of sp³-hybridized carbons (Fsp3) is 0.514. The normalized spacial score (nSPS) is 18.8. The van der Waals surface area contributed by atoms with Gasteiger partial charge in [0.1, 0.15) is 17.7 Å². The number of ether oxygens (including phenoxy) is 2. The van der Waals surface area contributed by atoms with Crippen molar-refractivity contribution in [3.05, 3.63) is 75.9 Å². The summed E-state index contributed by atoms with van der Waals surface area (Å²) in [7, 11) is 0. The number of carboxylic acids is 1. The van der Waals surface area contributed by atoms with Gasteiger partial charge in [0.05, 0.1) is 11.3 Å². The summed E-state index contributed by atoms with van der Waals surface area (Å²) in [5.41, 5.74) is 7.24. The van der Waals surface area contributed by atoms with E-state index in [1.165, 1.54) is 0 Å². The summed E-state index contributed by atoms with van der Waals surface area (Å²) in [5, 5.41) is 10.5. The molecule has 3 heterocycles. The monoisotopic (exact) mass is 602 g/mol. The molecule has 44 heavy (non-hydrogen) atoms. The Hall–Kier alpha value is -3.45. The molecule has 7 heteroatoms. The molecule has 0 radical (unpaired) electrons. The summed E-state index contributed by atoms with van der Waals surface area (Å²) >= 11 is 0. The van der Waals surface area contributed by atoms with Crippen LogP contribution in [-0.2, 0) is 22.4 Å². The maximum atomic E-state index is 14.6. The van der Waals surface area contributed by atoms with Gasteiger partial charge in [-0.15, -0.1) is 0 Å². The van der Waals surface area contributed by atoms with Crippen LogP contribution in [0.15, 0.2) is 36.4 Å². The number of halogens is 1. The molecule has 2 atom stereocenters. The average molecular weight is 603 g/mol. The lowest BCUT2D eigenvalue weighted by Gasteiger charge is -2.41. The quantitative estimate of drug-likeness (QED) is 0.293. The molecule has 0 amide bonds. The van der Waals surface area contributed by atoms with Crippen molar-refractivity contribution in [2.75, 3.05) is 18.0 Å². The number of hydrogen-bond acceptors (Lipinski definition) is 5. The van der Waals surface area contributed by atoms with E-state index in [0.29, 0.717) is 23.2 Å². The van der Waals surface area contributed by atoms with Gasteiger partial charge >= 0.3 is 5.97 Å². The molecule has 2 aliphatic heterocycles. The number of benzene rings is 2. The Kier molecular flexibility index (Phi) is 8.83. The zero-order valence-corrected chi connectivity index (χ0v) is 27.5. The molecule has 0 saturated carbocycles. The number of rotatable bonds is 7. The van der Waals surface area contributed by atoms with Crippen LogP contribution in [0.4, 0.5) is 10.1 Å². The van der Waals surface area contributed by atoms with E-state index in [-0.39, 0.29) is 17.3 Å². The van der Waals surface area contributed by atoms with E-state index in [1.54, 1.807) is 6.07 Å². The lowest BCUT2D eigenvalue weighted by Crippen LogP contribution is -2.39. The van der Waals surface area contributed by atoms with Gasteiger partial charge in [0.25, 0.3) is 0 Å². The Morgan fingerprint density at radius 2 is 1.82 bits per heavy atom. The highest BCUT2D eigenvalue weighted by Crippen LogP contribution is 2.46. The zero-order valence-electron chi connectivity index (χ0n) is 27.5. The van der Waals surface area contributed by atoms with E-state index in [2.05, 4.69) is 30.9 Å². The molecular formula is C37H47FN2O4. The van der Waals surface area contributed by atoms with Crippen molar-refractivity contribution >= 4 is 11.7 Å². The first-order valence-corrected chi connectivity index (χ1v) is 15.8. The number of fused-ring (bicyclic) bond motifs is 1. The van der Waals surface area contributed by atoms with E-state index in [1.807, 2.05) is 59.7 Å². The van der Waals surface area contributed by atoms with Gasteiger partial charge in [-0.1, -0.05) is 32.0 Å². The minimum Gasteiger partial charge on any atom is -0.490 e. The number of piperidine rings is 1. The second-order valence-corrected chi connectivity index (χ2v) is 14.4. The first-order valence-electron chi connectivity index (χ1n) is 15.8. The predicted octanol–water partition coefficient (Wildman–Crippen LogP) is 8.32. The molecule has 1 aromatic heterocycles. The van der Waals surface area contributed by atoms with Crippen molar-refractivity contribution in [2.24, 2.45) is 5.41 Å². The summed E-state index contributed by atoms with van der Waals surface area (Å²) < 4.78 is 27.2. The lowest BCUT2D eigenvalue weighted by atomic mass is 9.81. The number of anilines is 1. The fourth-order valence-electron chi connectivity index (χ4n) is 6.56. The molecule has 236 valence electrons. The summed E-state index contributed by atoms with van der Waals surface area (Å²) in [4.78, 5) is 20.0. The van der Waals surface area contributed by atoms with Gasteiger partial charge in [-0.3, -0.25) is 4.98 Å². The summed E-state index contributed by atoms with van der Waals surface area (Å²) in [6.45, 7) is 17.7. The Morgan fingerprint density at radius 1 is 1.11 bits per heavy atom. The second-order valence-electron chi connectivity index (χ2n) is 14.4. The maximum absolute atomic E-state index is 14.6. The van der Waals surface area contributed by atoms with Gasteiger partial charge in [0, 0.05) is 42.0 Å². The van der Waals surface area contributed by atoms with Crippen molar-refractivity contribution in [3.8, 4) is 16.9 Å². The van der Waals surface area contributed by atoms with E-state index >= 15 is 0 Å². The van der Waals surface area contributed by atoms with Crippen LogP contribution in [-0.4, -0.2) is 40.9 Å². The number of carbonyl (C=O) groups is 1. The van der Waals surface area contributed by atoms with Crippen LogP contribution in [0.5, 0.6) is 5.75 Å². The largest absolute Gasteiger partial charge is 0.490 e. The van der Waals surface area contributed by atoms with Gasteiger partial charge < -0.3 is 19.5 Å². The van der Waals surface area contributed by atoms with E-state index < -0.39 is 17.7 Å². The number of aryl methyl sites for hydroxylation is 4. The van der Waals surface area contributed by atoms with Crippen LogP contribution in [0.3, 0.4) is 0 Å². The van der Waals surface area contributed by atoms with E-state index in [0.717, 1.165) is 78.2 Å². The topological polar surface area (TPSA) is 71.9 Å². The SMILES string of the molecule is Cc1ccc(C[C@H]2CCc3cc(-c4c(C)nc(C)c([C@H](OC(C)(C)C)C(=O)O)c4N4CCC(C)(C)CC4)ccc3O2)c(F)c1. The highest BCUT2D eigenvalue weighted by atomic mass is 19.1. The minimum atomic E-state index is -1.16. The first kappa shape index (κ1) is 32.0. The van der Waals surface area contributed by atoms with Crippen LogP contribution in [0.2, 0.25) is 0 Å². The third kappa shape index (κ3) is 6.93. The number of carboxylic acid groups (broad SMARTS) is 1. The molecular weight excluding hydrogens is 555 g/mol. The molecule has 2 aromatic carbocycles. The van der Waals surface area contributed by atoms with Crippen LogP contribution in [0.25, 0.3) is 11.1 Å². The third-order valence-electron chi connectivity index (χ3n) is 9.00. The number of hydrogen-bond donors (Lipinski definition) is 1. The number of nitrogens with zero attached hydrogens (tertiary/aromatic N) is 2. The van der Waals surface area contributed by atoms with Crippen LogP contribution < -0.4 is 9.64 Å². The maximum Gasteiger partial charge on any atom is 0.337 e. The Labute approximate surface area is 261 Å². The van der Waals surface area contributed by atoms with Crippen molar-refractivity contribution in [1.29, 1.82) is 0 Å². The van der Waals surface area contributed by atoms with Crippen LogP contribution in [0, 0.1) is 32.0 Å². The van der Waals surface area contributed by atoms with Gasteiger partial charge in [0.2, 0.25) is 0 Å². The smallest absolute Gasteiger partial charge is 0.337 e. The Morgan fingerprint density at radius 3 is 2.45 bits per heavy atom.